The number of hydrogen-bond donors (Lipinski definition) is 1. The molecule has 1 N–H and O–H groups in total. The van der Waals surface area contributed by atoms with E-state index < -0.39 is 0 Å². The van der Waals surface area contributed by atoms with Crippen LogP contribution in [0.3, 0.4) is 0 Å². The topological polar surface area (TPSA) is 48.3 Å². The van der Waals surface area contributed by atoms with Crippen molar-refractivity contribution >= 4 is 10.9 Å². The lowest BCUT2D eigenvalue weighted by atomic mass is 10.1. The average molecular weight is 472 g/mol. The SMILES string of the molecule is COc1ccc(-c2c(C)c3cc(OC)ccc3n2CCCCCCNC(C)c2ccccn2)cc1. The number of nitrogens with zero attached hydrogens (tertiary/aromatic N) is 2. The summed E-state index contributed by atoms with van der Waals surface area (Å²) in [5, 5.41) is 4.85. The Balaban J connectivity index is 1.40. The van der Waals surface area contributed by atoms with E-state index >= 15 is 0 Å². The van der Waals surface area contributed by atoms with Crippen LogP contribution in [0.4, 0.5) is 0 Å². The van der Waals surface area contributed by atoms with Gasteiger partial charge in [0.1, 0.15) is 11.5 Å². The number of hydrogen-bond acceptors (Lipinski definition) is 4. The molecule has 184 valence electrons. The lowest BCUT2D eigenvalue weighted by molar-refractivity contribution is 0.415. The third-order valence-corrected chi connectivity index (χ3v) is 6.78. The van der Waals surface area contributed by atoms with Crippen molar-refractivity contribution < 1.29 is 9.47 Å². The molecule has 0 bridgehead atoms. The summed E-state index contributed by atoms with van der Waals surface area (Å²) in [5.41, 5.74) is 6.15. The zero-order valence-electron chi connectivity index (χ0n) is 21.4. The summed E-state index contributed by atoms with van der Waals surface area (Å²) in [6.45, 7) is 6.40. The second-order valence-electron chi connectivity index (χ2n) is 9.08. The largest absolute Gasteiger partial charge is 0.497 e. The van der Waals surface area contributed by atoms with E-state index in [1.807, 2.05) is 30.5 Å². The first-order valence-corrected chi connectivity index (χ1v) is 12.6. The molecular formula is C30H37N3O2. The first-order valence-electron chi connectivity index (χ1n) is 12.6. The maximum absolute atomic E-state index is 5.51. The number of pyridine rings is 1. The Morgan fingerprint density at radius 2 is 1.63 bits per heavy atom. The van der Waals surface area contributed by atoms with Crippen LogP contribution in [0, 0.1) is 6.92 Å². The van der Waals surface area contributed by atoms with Crippen molar-refractivity contribution in [2.24, 2.45) is 0 Å². The molecule has 35 heavy (non-hydrogen) atoms. The molecule has 2 heterocycles. The van der Waals surface area contributed by atoms with Gasteiger partial charge in [-0.05, 0) is 99.0 Å². The van der Waals surface area contributed by atoms with Crippen LogP contribution in [0.15, 0.2) is 66.9 Å². The maximum Gasteiger partial charge on any atom is 0.119 e. The fourth-order valence-electron chi connectivity index (χ4n) is 4.79. The number of unbranched alkanes of at least 4 members (excludes halogenated alkanes) is 3. The first kappa shape index (κ1) is 24.8. The molecule has 0 aliphatic rings. The highest BCUT2D eigenvalue weighted by Gasteiger charge is 2.16. The number of fused-ring (bicyclic) bond motifs is 1. The number of ether oxygens (including phenoxy) is 2. The molecule has 0 fully saturated rings. The fourth-order valence-corrected chi connectivity index (χ4v) is 4.79. The third kappa shape index (κ3) is 5.85. The number of aryl methyl sites for hydroxylation is 2. The van der Waals surface area contributed by atoms with Crippen molar-refractivity contribution in [3.63, 3.8) is 0 Å². The molecule has 5 nitrogen and oxygen atoms in total. The van der Waals surface area contributed by atoms with E-state index in [0.717, 1.165) is 36.7 Å². The minimum absolute atomic E-state index is 0.287. The molecule has 0 amide bonds. The van der Waals surface area contributed by atoms with Crippen molar-refractivity contribution in [1.29, 1.82) is 0 Å². The highest BCUT2D eigenvalue weighted by molar-refractivity contribution is 5.92. The zero-order chi connectivity index (χ0) is 24.6. The second-order valence-corrected chi connectivity index (χ2v) is 9.08. The molecule has 0 aliphatic heterocycles. The number of rotatable bonds is 12. The number of nitrogens with one attached hydrogen (secondary N) is 1. The van der Waals surface area contributed by atoms with Gasteiger partial charge in [-0.2, -0.15) is 0 Å². The molecule has 1 atom stereocenters. The predicted octanol–water partition coefficient (Wildman–Crippen LogP) is 6.94. The molecule has 0 saturated heterocycles. The van der Waals surface area contributed by atoms with Gasteiger partial charge >= 0.3 is 0 Å². The third-order valence-electron chi connectivity index (χ3n) is 6.78. The standard InChI is InChI=1S/C30H37N3O2/c1-22-27-21-26(35-4)16-17-29(27)33(30(22)24-12-14-25(34-3)15-13-24)20-10-6-5-8-18-31-23(2)28-11-7-9-19-32-28/h7,9,11-17,19,21,23,31H,5-6,8,10,18,20H2,1-4H3. The summed E-state index contributed by atoms with van der Waals surface area (Å²) >= 11 is 0. The van der Waals surface area contributed by atoms with Crippen LogP contribution in [0.2, 0.25) is 0 Å². The van der Waals surface area contributed by atoms with E-state index in [4.69, 9.17) is 9.47 Å². The van der Waals surface area contributed by atoms with Gasteiger partial charge < -0.3 is 19.4 Å². The summed E-state index contributed by atoms with van der Waals surface area (Å²) in [4.78, 5) is 4.44. The number of aromatic nitrogens is 2. The van der Waals surface area contributed by atoms with E-state index in [1.54, 1.807) is 14.2 Å². The summed E-state index contributed by atoms with van der Waals surface area (Å²) in [6.07, 6.45) is 6.60. The molecule has 4 rings (SSSR count). The lowest BCUT2D eigenvalue weighted by Crippen LogP contribution is -2.20. The fraction of sp³-hybridized carbons (Fsp3) is 0.367. The summed E-state index contributed by atoms with van der Waals surface area (Å²) < 4.78 is 13.4. The first-order chi connectivity index (χ1) is 17.1. The monoisotopic (exact) mass is 471 g/mol. The van der Waals surface area contributed by atoms with Gasteiger partial charge in [-0.25, -0.2) is 0 Å². The lowest BCUT2D eigenvalue weighted by Gasteiger charge is -2.14. The average Bonchev–Trinajstić information content (AvgIpc) is 3.19. The van der Waals surface area contributed by atoms with Crippen molar-refractivity contribution in [2.75, 3.05) is 20.8 Å². The van der Waals surface area contributed by atoms with Gasteiger partial charge in [0.05, 0.1) is 25.6 Å². The Bertz CT molecular complexity index is 1220. The van der Waals surface area contributed by atoms with Crippen LogP contribution in [-0.4, -0.2) is 30.3 Å². The van der Waals surface area contributed by atoms with E-state index in [0.29, 0.717) is 0 Å². The highest BCUT2D eigenvalue weighted by Crippen LogP contribution is 2.36. The van der Waals surface area contributed by atoms with Gasteiger partial charge in [0.25, 0.3) is 0 Å². The molecule has 1 unspecified atom stereocenters. The van der Waals surface area contributed by atoms with Crippen molar-refractivity contribution in [2.45, 2.75) is 52.1 Å². The second kappa shape index (κ2) is 11.9. The Morgan fingerprint density at radius 3 is 2.34 bits per heavy atom. The smallest absolute Gasteiger partial charge is 0.119 e. The zero-order valence-corrected chi connectivity index (χ0v) is 21.4. The normalized spacial score (nSPS) is 12.1. The van der Waals surface area contributed by atoms with Crippen molar-refractivity contribution in [1.82, 2.24) is 14.9 Å². The minimum atomic E-state index is 0.287. The van der Waals surface area contributed by atoms with E-state index in [2.05, 4.69) is 65.1 Å². The summed E-state index contributed by atoms with van der Waals surface area (Å²) in [6, 6.07) is 21.2. The molecule has 0 radical (unpaired) electrons. The Labute approximate surface area is 209 Å². The number of methoxy groups -OCH3 is 2. The molecule has 2 aromatic heterocycles. The quantitative estimate of drug-likeness (QED) is 0.227. The predicted molar refractivity (Wildman–Crippen MR) is 144 cm³/mol. The molecule has 5 heteroatoms. The molecule has 2 aromatic carbocycles. The van der Waals surface area contributed by atoms with Crippen molar-refractivity contribution in [3.05, 3.63) is 78.1 Å². The van der Waals surface area contributed by atoms with E-state index in [9.17, 15) is 0 Å². The van der Waals surface area contributed by atoms with Gasteiger partial charge in [0.2, 0.25) is 0 Å². The van der Waals surface area contributed by atoms with Gasteiger partial charge in [-0.3, -0.25) is 4.98 Å². The Morgan fingerprint density at radius 1 is 0.886 bits per heavy atom. The molecule has 0 spiro atoms. The Hall–Kier alpha value is -3.31. The van der Waals surface area contributed by atoms with Crippen LogP contribution in [0.1, 0.15) is 49.9 Å². The van der Waals surface area contributed by atoms with Crippen LogP contribution >= 0.6 is 0 Å². The Kier molecular flexibility index (Phi) is 8.43. The van der Waals surface area contributed by atoms with Crippen molar-refractivity contribution in [3.8, 4) is 22.8 Å². The molecular weight excluding hydrogens is 434 g/mol. The van der Waals surface area contributed by atoms with E-state index in [1.165, 1.54) is 47.0 Å². The van der Waals surface area contributed by atoms with Gasteiger partial charge in [0.15, 0.2) is 0 Å². The summed E-state index contributed by atoms with van der Waals surface area (Å²) in [5.74, 6) is 1.77. The van der Waals surface area contributed by atoms with Crippen LogP contribution in [-0.2, 0) is 6.54 Å². The van der Waals surface area contributed by atoms with Crippen LogP contribution in [0.5, 0.6) is 11.5 Å². The van der Waals surface area contributed by atoms with E-state index in [-0.39, 0.29) is 6.04 Å². The van der Waals surface area contributed by atoms with Gasteiger partial charge in [-0.15, -0.1) is 0 Å². The minimum Gasteiger partial charge on any atom is -0.497 e. The van der Waals surface area contributed by atoms with Crippen LogP contribution in [0.25, 0.3) is 22.2 Å². The molecule has 0 aliphatic carbocycles. The van der Waals surface area contributed by atoms with Gasteiger partial charge in [0, 0.05) is 29.7 Å². The maximum atomic E-state index is 5.51. The molecule has 4 aromatic rings. The highest BCUT2D eigenvalue weighted by atomic mass is 16.5. The molecule has 0 saturated carbocycles. The summed E-state index contributed by atoms with van der Waals surface area (Å²) in [7, 11) is 3.43. The number of benzene rings is 2. The van der Waals surface area contributed by atoms with Crippen LogP contribution < -0.4 is 14.8 Å². The van der Waals surface area contributed by atoms with Gasteiger partial charge in [-0.1, -0.05) is 18.9 Å².